The van der Waals surface area contributed by atoms with Crippen molar-refractivity contribution in [2.45, 2.75) is 11.1 Å². The second-order valence-electron chi connectivity index (χ2n) is 5.79. The van der Waals surface area contributed by atoms with E-state index in [-0.39, 0.29) is 0 Å². The number of hydrogen-bond acceptors (Lipinski definition) is 6. The van der Waals surface area contributed by atoms with E-state index < -0.39 is 32.6 Å². The molecule has 0 aliphatic carbocycles. The zero-order chi connectivity index (χ0) is 22.5. The number of methoxy groups -OCH3 is 3. The van der Waals surface area contributed by atoms with Gasteiger partial charge in [0.05, 0.1) is 31.8 Å². The normalized spacial score (nSPS) is 11.9. The molecule has 0 aliphatic rings. The minimum absolute atomic E-state index is 0.313. The Kier molecular flexibility index (Phi) is 6.98. The lowest BCUT2D eigenvalue weighted by Crippen LogP contribution is -2.29. The van der Waals surface area contributed by atoms with Crippen molar-refractivity contribution in [2.75, 3.05) is 21.3 Å². The van der Waals surface area contributed by atoms with Gasteiger partial charge in [0, 0.05) is 6.08 Å². The molecule has 0 heterocycles. The van der Waals surface area contributed by atoms with Gasteiger partial charge in [-0.25, -0.2) is 13.1 Å². The summed E-state index contributed by atoms with van der Waals surface area (Å²) in [6.45, 7) is 0. The maximum atomic E-state index is 12.8. The van der Waals surface area contributed by atoms with Gasteiger partial charge in [0.15, 0.2) is 11.5 Å². The minimum Gasteiger partial charge on any atom is -0.493 e. The minimum atomic E-state index is -4.72. The van der Waals surface area contributed by atoms with Crippen LogP contribution < -0.4 is 18.9 Å². The van der Waals surface area contributed by atoms with Gasteiger partial charge in [-0.3, -0.25) is 4.79 Å². The smallest absolute Gasteiger partial charge is 0.416 e. The van der Waals surface area contributed by atoms with Crippen LogP contribution in [0.3, 0.4) is 0 Å². The highest BCUT2D eigenvalue weighted by Gasteiger charge is 2.31. The van der Waals surface area contributed by atoms with Gasteiger partial charge in [-0.05, 0) is 42.0 Å². The Morgan fingerprint density at radius 2 is 1.60 bits per heavy atom. The average Bonchev–Trinajstić information content (AvgIpc) is 2.70. The molecule has 0 unspecified atom stereocenters. The predicted molar refractivity (Wildman–Crippen MR) is 102 cm³/mol. The Bertz CT molecular complexity index is 1040. The number of sulfonamides is 1. The number of nitrogens with one attached hydrogen (secondary N) is 1. The highest BCUT2D eigenvalue weighted by Crippen LogP contribution is 2.38. The standard InChI is InChI=1S/C19H18F3NO6S/c1-27-15-9-12(10-16(28-2)18(15)29-3)7-8-17(24)23-30(25,26)14-6-4-5-13(11-14)19(20,21)22/h4-11H,1-3H3,(H,23,24)/b8-7+. The summed E-state index contributed by atoms with van der Waals surface area (Å²) in [6.07, 6.45) is -2.53. The number of carbonyl (C=O) groups is 1. The molecule has 0 bridgehead atoms. The van der Waals surface area contributed by atoms with E-state index >= 15 is 0 Å². The van der Waals surface area contributed by atoms with E-state index in [0.29, 0.717) is 28.9 Å². The molecule has 0 spiro atoms. The van der Waals surface area contributed by atoms with Gasteiger partial charge < -0.3 is 14.2 Å². The van der Waals surface area contributed by atoms with E-state index in [1.165, 1.54) is 39.5 Å². The van der Waals surface area contributed by atoms with Crippen molar-refractivity contribution in [2.24, 2.45) is 0 Å². The van der Waals surface area contributed by atoms with Crippen LogP contribution in [0.25, 0.3) is 6.08 Å². The number of amides is 1. The Balaban J connectivity index is 2.24. The van der Waals surface area contributed by atoms with Crippen LogP contribution in [0.2, 0.25) is 0 Å². The highest BCUT2D eigenvalue weighted by molar-refractivity contribution is 7.90. The third-order valence-electron chi connectivity index (χ3n) is 3.82. The van der Waals surface area contributed by atoms with Gasteiger partial charge in [-0.1, -0.05) is 6.07 Å². The van der Waals surface area contributed by atoms with Gasteiger partial charge in [0.1, 0.15) is 0 Å². The van der Waals surface area contributed by atoms with E-state index in [2.05, 4.69) is 0 Å². The molecular formula is C19H18F3NO6S. The second kappa shape index (κ2) is 9.08. The molecule has 0 aromatic heterocycles. The summed E-state index contributed by atoms with van der Waals surface area (Å²) >= 11 is 0. The van der Waals surface area contributed by atoms with Gasteiger partial charge in [0.2, 0.25) is 5.75 Å². The van der Waals surface area contributed by atoms with E-state index in [4.69, 9.17) is 14.2 Å². The lowest BCUT2D eigenvalue weighted by atomic mass is 10.1. The summed E-state index contributed by atoms with van der Waals surface area (Å²) in [7, 11) is -0.281. The van der Waals surface area contributed by atoms with Gasteiger partial charge >= 0.3 is 6.18 Å². The maximum absolute atomic E-state index is 12.8. The summed E-state index contributed by atoms with van der Waals surface area (Å²) in [4.78, 5) is 11.3. The van der Waals surface area contributed by atoms with Crippen LogP contribution in [-0.4, -0.2) is 35.7 Å². The van der Waals surface area contributed by atoms with Crippen LogP contribution in [0.15, 0.2) is 47.4 Å². The maximum Gasteiger partial charge on any atom is 0.416 e. The largest absolute Gasteiger partial charge is 0.493 e. The van der Waals surface area contributed by atoms with Crippen LogP contribution in [0.4, 0.5) is 13.2 Å². The number of alkyl halides is 3. The molecule has 0 saturated carbocycles. The first-order valence-electron chi connectivity index (χ1n) is 8.24. The third-order valence-corrected chi connectivity index (χ3v) is 5.17. The monoisotopic (exact) mass is 445 g/mol. The number of rotatable bonds is 7. The molecule has 30 heavy (non-hydrogen) atoms. The van der Waals surface area contributed by atoms with Crippen LogP contribution in [0.1, 0.15) is 11.1 Å². The highest BCUT2D eigenvalue weighted by atomic mass is 32.2. The van der Waals surface area contributed by atoms with Crippen molar-refractivity contribution < 1.29 is 40.6 Å². The molecule has 0 fully saturated rings. The van der Waals surface area contributed by atoms with E-state index in [0.717, 1.165) is 24.3 Å². The van der Waals surface area contributed by atoms with E-state index in [9.17, 15) is 26.4 Å². The zero-order valence-electron chi connectivity index (χ0n) is 16.1. The van der Waals surface area contributed by atoms with Crippen molar-refractivity contribution in [3.8, 4) is 17.2 Å². The lowest BCUT2D eigenvalue weighted by molar-refractivity contribution is -0.137. The molecule has 2 aromatic carbocycles. The molecule has 162 valence electrons. The number of benzene rings is 2. The van der Waals surface area contributed by atoms with Gasteiger partial charge in [-0.2, -0.15) is 13.2 Å². The van der Waals surface area contributed by atoms with Crippen molar-refractivity contribution in [3.63, 3.8) is 0 Å². The topological polar surface area (TPSA) is 90.9 Å². The van der Waals surface area contributed by atoms with Crippen LogP contribution in [0, 0.1) is 0 Å². The first kappa shape index (κ1) is 23.1. The fraction of sp³-hybridized carbons (Fsp3) is 0.211. The molecule has 7 nitrogen and oxygen atoms in total. The molecule has 1 amide bonds. The molecule has 1 N–H and O–H groups in total. The number of carbonyl (C=O) groups excluding carboxylic acids is 1. The van der Waals surface area contributed by atoms with Crippen LogP contribution >= 0.6 is 0 Å². The van der Waals surface area contributed by atoms with Crippen molar-refractivity contribution in [1.29, 1.82) is 0 Å². The summed E-state index contributed by atoms with van der Waals surface area (Å²) < 4.78 is 80.0. The van der Waals surface area contributed by atoms with E-state index in [1.807, 2.05) is 0 Å². The molecule has 2 aromatic rings. The van der Waals surface area contributed by atoms with Gasteiger partial charge in [-0.15, -0.1) is 0 Å². The molecule has 0 atom stereocenters. The summed E-state index contributed by atoms with van der Waals surface area (Å²) in [5, 5.41) is 0. The SMILES string of the molecule is COc1cc(/C=C/C(=O)NS(=O)(=O)c2cccc(C(F)(F)F)c2)cc(OC)c1OC. The Hall–Kier alpha value is -3.21. The number of ether oxygens (including phenoxy) is 3. The number of halogens is 3. The van der Waals surface area contributed by atoms with Crippen molar-refractivity contribution in [1.82, 2.24) is 4.72 Å². The quantitative estimate of drug-likeness (QED) is 0.658. The van der Waals surface area contributed by atoms with Crippen LogP contribution in [-0.2, 0) is 21.0 Å². The van der Waals surface area contributed by atoms with E-state index in [1.54, 1.807) is 4.72 Å². The zero-order valence-corrected chi connectivity index (χ0v) is 16.9. The van der Waals surface area contributed by atoms with Crippen LogP contribution in [0.5, 0.6) is 17.2 Å². The first-order valence-corrected chi connectivity index (χ1v) is 9.72. The predicted octanol–water partition coefficient (Wildman–Crippen LogP) is 3.25. The summed E-state index contributed by atoms with van der Waals surface area (Å²) in [6, 6.07) is 6.10. The molecule has 0 aliphatic heterocycles. The fourth-order valence-electron chi connectivity index (χ4n) is 2.43. The van der Waals surface area contributed by atoms with Crippen molar-refractivity contribution >= 4 is 22.0 Å². The first-order chi connectivity index (χ1) is 14.0. The summed E-state index contributed by atoms with van der Waals surface area (Å²) in [5.74, 6) is -0.100. The third kappa shape index (κ3) is 5.44. The Labute approximate surface area is 171 Å². The number of hydrogen-bond donors (Lipinski definition) is 1. The Morgan fingerprint density at radius 3 is 2.10 bits per heavy atom. The fourth-order valence-corrected chi connectivity index (χ4v) is 3.43. The molecular weight excluding hydrogens is 427 g/mol. The Morgan fingerprint density at radius 1 is 1.00 bits per heavy atom. The lowest BCUT2D eigenvalue weighted by Gasteiger charge is -2.12. The summed E-state index contributed by atoms with van der Waals surface area (Å²) in [5.41, 5.74) is -0.720. The molecule has 0 radical (unpaired) electrons. The second-order valence-corrected chi connectivity index (χ2v) is 7.47. The van der Waals surface area contributed by atoms with Gasteiger partial charge in [0.25, 0.3) is 15.9 Å². The van der Waals surface area contributed by atoms with Crippen molar-refractivity contribution in [3.05, 3.63) is 53.6 Å². The average molecular weight is 445 g/mol. The molecule has 11 heteroatoms. The molecule has 2 rings (SSSR count). The molecule has 0 saturated heterocycles.